The molecule has 4 saturated carbocycles. The third-order valence-electron chi connectivity index (χ3n) is 9.76. The first-order valence-electron chi connectivity index (χ1n) is 10.9. The van der Waals surface area contributed by atoms with Gasteiger partial charge in [-0.1, -0.05) is 19.4 Å². The topological polar surface area (TPSA) is 43.4 Å². The standard InChI is InChI=1S/C23H30O3/c1-12-9-13-10-14(24)3-4-15(13)16-5-7-22(2)21(20(12)16)17-11-18(17)23(22)8-6-19(25)26-23/h10,12,15-18,20-21H,3-9,11H2,1-2H3/t12-,15+,16?,17+,18-,20?,21?,22+,23+/m1/s1. The SMILES string of the molecule is C[C@@H]1CC2=CC(=O)CC[C@@H]2C2CC[C@@]3(C)C(C21)[C@H]1C[C@H]1[C@@]31CCC(=O)O1. The van der Waals surface area contributed by atoms with E-state index in [1.807, 2.05) is 6.08 Å². The fourth-order valence-electron chi connectivity index (χ4n) is 8.92. The number of hydrogen-bond acceptors (Lipinski definition) is 3. The summed E-state index contributed by atoms with van der Waals surface area (Å²) in [6.45, 7) is 4.91. The smallest absolute Gasteiger partial charge is 0.306 e. The van der Waals surface area contributed by atoms with Gasteiger partial charge in [-0.25, -0.2) is 0 Å². The maximum absolute atomic E-state index is 12.1. The van der Waals surface area contributed by atoms with E-state index in [4.69, 9.17) is 4.74 Å². The summed E-state index contributed by atoms with van der Waals surface area (Å²) in [6, 6.07) is 0. The molecular weight excluding hydrogens is 324 g/mol. The second-order valence-electron chi connectivity index (χ2n) is 10.6. The average Bonchev–Trinajstić information content (AvgIpc) is 3.24. The molecule has 6 rings (SSSR count). The molecule has 0 bridgehead atoms. The molecule has 0 N–H and O–H groups in total. The minimum Gasteiger partial charge on any atom is -0.458 e. The number of rotatable bonds is 0. The molecular formula is C23H30O3. The molecule has 0 radical (unpaired) electrons. The molecule has 1 spiro atoms. The molecule has 1 aliphatic heterocycles. The van der Waals surface area contributed by atoms with Gasteiger partial charge >= 0.3 is 5.97 Å². The lowest BCUT2D eigenvalue weighted by atomic mass is 9.47. The van der Waals surface area contributed by atoms with Crippen molar-refractivity contribution in [1.82, 2.24) is 0 Å². The number of hydrogen-bond donors (Lipinski definition) is 0. The van der Waals surface area contributed by atoms with Crippen LogP contribution in [0.25, 0.3) is 0 Å². The van der Waals surface area contributed by atoms with Gasteiger partial charge in [0.25, 0.3) is 0 Å². The van der Waals surface area contributed by atoms with E-state index in [1.165, 1.54) is 24.8 Å². The molecule has 6 aliphatic rings. The van der Waals surface area contributed by atoms with Crippen LogP contribution in [0.2, 0.25) is 0 Å². The maximum atomic E-state index is 12.1. The number of esters is 1. The van der Waals surface area contributed by atoms with E-state index in [0.29, 0.717) is 30.0 Å². The highest BCUT2D eigenvalue weighted by atomic mass is 16.6. The zero-order chi connectivity index (χ0) is 17.8. The molecule has 140 valence electrons. The molecule has 0 aromatic heterocycles. The van der Waals surface area contributed by atoms with Crippen molar-refractivity contribution < 1.29 is 14.3 Å². The Morgan fingerprint density at radius 3 is 2.73 bits per heavy atom. The van der Waals surface area contributed by atoms with Crippen LogP contribution in [0.4, 0.5) is 0 Å². The Balaban J connectivity index is 1.40. The van der Waals surface area contributed by atoms with Crippen molar-refractivity contribution in [3.8, 4) is 0 Å². The molecule has 0 aromatic carbocycles. The lowest BCUT2D eigenvalue weighted by molar-refractivity contribution is -0.176. The van der Waals surface area contributed by atoms with Gasteiger partial charge in [-0.05, 0) is 80.1 Å². The van der Waals surface area contributed by atoms with Crippen LogP contribution >= 0.6 is 0 Å². The summed E-state index contributed by atoms with van der Waals surface area (Å²) in [5.41, 5.74) is 1.52. The van der Waals surface area contributed by atoms with Gasteiger partial charge in [-0.2, -0.15) is 0 Å². The van der Waals surface area contributed by atoms with Gasteiger partial charge in [-0.3, -0.25) is 9.59 Å². The number of carbonyl (C=O) groups excluding carboxylic acids is 2. The summed E-state index contributed by atoms with van der Waals surface area (Å²) < 4.78 is 6.18. The maximum Gasteiger partial charge on any atom is 0.306 e. The van der Waals surface area contributed by atoms with E-state index in [0.717, 1.165) is 49.4 Å². The fraction of sp³-hybridized carbons (Fsp3) is 0.826. The Bertz CT molecular complexity index is 738. The largest absolute Gasteiger partial charge is 0.458 e. The van der Waals surface area contributed by atoms with E-state index in [1.54, 1.807) is 0 Å². The summed E-state index contributed by atoms with van der Waals surface area (Å²) in [4.78, 5) is 24.0. The van der Waals surface area contributed by atoms with Crippen molar-refractivity contribution in [2.75, 3.05) is 0 Å². The van der Waals surface area contributed by atoms with E-state index >= 15 is 0 Å². The van der Waals surface area contributed by atoms with Gasteiger partial charge in [0.15, 0.2) is 5.78 Å². The molecule has 1 saturated heterocycles. The van der Waals surface area contributed by atoms with Gasteiger partial charge in [0.1, 0.15) is 5.60 Å². The van der Waals surface area contributed by atoms with Crippen molar-refractivity contribution in [3.63, 3.8) is 0 Å². The second-order valence-corrected chi connectivity index (χ2v) is 10.6. The van der Waals surface area contributed by atoms with Crippen molar-refractivity contribution >= 4 is 11.8 Å². The first-order chi connectivity index (χ1) is 12.4. The molecule has 3 heteroatoms. The number of ether oxygens (including phenoxy) is 1. The number of fused-ring (bicyclic) bond motifs is 9. The van der Waals surface area contributed by atoms with Crippen molar-refractivity contribution in [2.45, 2.75) is 70.8 Å². The van der Waals surface area contributed by atoms with Crippen LogP contribution in [0.3, 0.4) is 0 Å². The van der Waals surface area contributed by atoms with Gasteiger partial charge in [0.05, 0.1) is 0 Å². The van der Waals surface area contributed by atoms with E-state index in [9.17, 15) is 9.59 Å². The predicted molar refractivity (Wildman–Crippen MR) is 97.1 cm³/mol. The first-order valence-corrected chi connectivity index (χ1v) is 10.9. The molecule has 5 fully saturated rings. The van der Waals surface area contributed by atoms with Crippen LogP contribution in [0.5, 0.6) is 0 Å². The second kappa shape index (κ2) is 4.83. The highest BCUT2D eigenvalue weighted by Crippen LogP contribution is 2.78. The summed E-state index contributed by atoms with van der Waals surface area (Å²) >= 11 is 0. The lowest BCUT2D eigenvalue weighted by Crippen LogP contribution is -2.56. The monoisotopic (exact) mass is 354 g/mol. The minimum atomic E-state index is -0.136. The molecule has 3 nitrogen and oxygen atoms in total. The van der Waals surface area contributed by atoms with Gasteiger partial charge in [-0.15, -0.1) is 0 Å². The van der Waals surface area contributed by atoms with E-state index < -0.39 is 0 Å². The van der Waals surface area contributed by atoms with Gasteiger partial charge in [0, 0.05) is 24.2 Å². The summed E-state index contributed by atoms with van der Waals surface area (Å²) in [7, 11) is 0. The molecule has 3 unspecified atom stereocenters. The van der Waals surface area contributed by atoms with Gasteiger partial charge < -0.3 is 4.74 Å². The Morgan fingerprint density at radius 1 is 1.12 bits per heavy atom. The fourth-order valence-corrected chi connectivity index (χ4v) is 8.92. The molecule has 9 atom stereocenters. The Kier molecular flexibility index (Phi) is 2.95. The Labute approximate surface area is 155 Å². The highest BCUT2D eigenvalue weighted by molar-refractivity contribution is 5.91. The summed E-state index contributed by atoms with van der Waals surface area (Å²) in [5.74, 6) is 5.38. The van der Waals surface area contributed by atoms with Crippen LogP contribution in [0.15, 0.2) is 11.6 Å². The quantitative estimate of drug-likeness (QED) is 0.609. The first kappa shape index (κ1) is 15.9. The average molecular weight is 354 g/mol. The number of carbonyl (C=O) groups is 2. The molecule has 5 aliphatic carbocycles. The Morgan fingerprint density at radius 2 is 1.96 bits per heavy atom. The number of ketones is 1. The zero-order valence-corrected chi connectivity index (χ0v) is 16.0. The summed E-state index contributed by atoms with van der Waals surface area (Å²) in [5, 5.41) is 0. The Hall–Kier alpha value is -1.12. The third-order valence-corrected chi connectivity index (χ3v) is 9.76. The van der Waals surface area contributed by atoms with Crippen molar-refractivity contribution in [2.24, 2.45) is 46.8 Å². The van der Waals surface area contributed by atoms with Crippen LogP contribution in [-0.4, -0.2) is 17.4 Å². The zero-order valence-electron chi connectivity index (χ0n) is 16.0. The molecule has 26 heavy (non-hydrogen) atoms. The van der Waals surface area contributed by atoms with Crippen LogP contribution in [0, 0.1) is 46.8 Å². The van der Waals surface area contributed by atoms with Gasteiger partial charge in [0.2, 0.25) is 0 Å². The lowest BCUT2D eigenvalue weighted by Gasteiger charge is -2.58. The van der Waals surface area contributed by atoms with Crippen LogP contribution < -0.4 is 0 Å². The van der Waals surface area contributed by atoms with E-state index in [-0.39, 0.29) is 17.0 Å². The normalized spacial score (nSPS) is 57.0. The highest BCUT2D eigenvalue weighted by Gasteiger charge is 2.78. The van der Waals surface area contributed by atoms with Crippen molar-refractivity contribution in [3.05, 3.63) is 11.6 Å². The molecule has 0 aromatic rings. The number of allylic oxidation sites excluding steroid dienone is 1. The van der Waals surface area contributed by atoms with E-state index in [2.05, 4.69) is 13.8 Å². The van der Waals surface area contributed by atoms with Crippen LogP contribution in [0.1, 0.15) is 65.2 Å². The predicted octanol–water partition coefficient (Wildman–Crippen LogP) is 4.31. The molecule has 0 amide bonds. The summed E-state index contributed by atoms with van der Waals surface area (Å²) in [6.07, 6.45) is 10.3. The van der Waals surface area contributed by atoms with Crippen molar-refractivity contribution in [1.29, 1.82) is 0 Å². The molecule has 1 heterocycles. The van der Waals surface area contributed by atoms with Crippen LogP contribution in [-0.2, 0) is 14.3 Å². The third kappa shape index (κ3) is 1.72. The minimum absolute atomic E-state index is 0.0485.